The molecule has 0 heterocycles. The van der Waals surface area contributed by atoms with Crippen LogP contribution in [0.1, 0.15) is 33.3 Å². The molecule has 0 N–H and O–H groups in total. The van der Waals surface area contributed by atoms with Gasteiger partial charge in [-0.2, -0.15) is 0 Å². The van der Waals surface area contributed by atoms with E-state index in [9.17, 15) is 0 Å². The fourth-order valence-electron chi connectivity index (χ4n) is 1.35. The van der Waals surface area contributed by atoms with Gasteiger partial charge in [0.1, 0.15) is 0 Å². The van der Waals surface area contributed by atoms with Crippen LogP contribution in [0.4, 0.5) is 0 Å². The normalized spacial score (nSPS) is 15.1. The zero-order chi connectivity index (χ0) is 11.5. The molecule has 0 aromatic heterocycles. The molecule has 1 unspecified atom stereocenters. The molecule has 1 aromatic rings. The predicted octanol–water partition coefficient (Wildman–Crippen LogP) is 4.06. The Hall–Kier alpha value is -0.630. The summed E-state index contributed by atoms with van der Waals surface area (Å²) in [6, 6.07) is 10.3. The molecule has 0 saturated carbocycles. The van der Waals surface area contributed by atoms with Gasteiger partial charge in [0, 0.05) is 0 Å². The topological polar surface area (TPSA) is 12.4 Å². The van der Waals surface area contributed by atoms with E-state index < -0.39 is 0 Å². The third kappa shape index (κ3) is 4.17. The third-order valence-corrected chi connectivity index (χ3v) is 2.34. The molecule has 0 amide bonds. The Morgan fingerprint density at radius 1 is 1.20 bits per heavy atom. The Balaban J connectivity index is 3.10. The predicted molar refractivity (Wildman–Crippen MR) is 71.1 cm³/mol. The first-order valence-corrected chi connectivity index (χ1v) is 6.11. The van der Waals surface area contributed by atoms with Gasteiger partial charge in [0.15, 0.2) is 0 Å². The van der Waals surface area contributed by atoms with Crippen molar-refractivity contribution in [1.29, 1.82) is 0 Å². The molecule has 82 valence electrons. The van der Waals surface area contributed by atoms with Crippen molar-refractivity contribution in [1.82, 2.24) is 0 Å². The monoisotopic (exact) mass is 267 g/mol. The van der Waals surface area contributed by atoms with E-state index in [1.165, 1.54) is 5.56 Å². The highest BCUT2D eigenvalue weighted by Crippen LogP contribution is 2.16. The molecule has 2 heteroatoms. The summed E-state index contributed by atoms with van der Waals surface area (Å²) < 4.78 is 0. The van der Waals surface area contributed by atoms with Crippen molar-refractivity contribution in [3.05, 3.63) is 35.9 Å². The number of rotatable bonds is 2. The van der Waals surface area contributed by atoms with Gasteiger partial charge in [0.05, 0.1) is 16.1 Å². The Morgan fingerprint density at radius 2 is 1.73 bits per heavy atom. The average Bonchev–Trinajstić information content (AvgIpc) is 2.14. The Labute approximate surface area is 101 Å². The molecule has 0 aliphatic carbocycles. The smallest absolute Gasteiger partial charge is 0.0560 e. The van der Waals surface area contributed by atoms with Crippen molar-refractivity contribution in [2.45, 2.75) is 38.1 Å². The molecule has 0 radical (unpaired) electrons. The minimum absolute atomic E-state index is 0.0345. The largest absolute Gasteiger partial charge is 0.282 e. The van der Waals surface area contributed by atoms with E-state index in [0.29, 0.717) is 0 Å². The van der Waals surface area contributed by atoms with E-state index in [1.54, 1.807) is 0 Å². The SMILES string of the molecule is CC(Br)C(=NC(C)(C)C)c1ccccc1. The highest BCUT2D eigenvalue weighted by molar-refractivity contribution is 9.10. The maximum atomic E-state index is 4.75. The molecule has 0 spiro atoms. The van der Waals surface area contributed by atoms with Crippen LogP contribution in [0, 0.1) is 0 Å². The maximum Gasteiger partial charge on any atom is 0.0560 e. The van der Waals surface area contributed by atoms with Crippen LogP contribution in [0.5, 0.6) is 0 Å². The van der Waals surface area contributed by atoms with Crippen molar-refractivity contribution >= 4 is 21.6 Å². The van der Waals surface area contributed by atoms with Crippen molar-refractivity contribution in [2.75, 3.05) is 0 Å². The molecule has 0 bridgehead atoms. The second-order valence-electron chi connectivity index (χ2n) is 4.65. The molecular weight excluding hydrogens is 250 g/mol. The summed E-state index contributed by atoms with van der Waals surface area (Å²) in [4.78, 5) is 5.03. The Bertz CT molecular complexity index is 333. The number of alkyl halides is 1. The van der Waals surface area contributed by atoms with Crippen LogP contribution < -0.4 is 0 Å². The summed E-state index contributed by atoms with van der Waals surface area (Å²) in [6.07, 6.45) is 0. The van der Waals surface area contributed by atoms with Gasteiger partial charge in [0.2, 0.25) is 0 Å². The van der Waals surface area contributed by atoms with Gasteiger partial charge in [0.25, 0.3) is 0 Å². The fraction of sp³-hybridized carbons (Fsp3) is 0.462. The number of hydrogen-bond acceptors (Lipinski definition) is 1. The summed E-state index contributed by atoms with van der Waals surface area (Å²) >= 11 is 3.60. The zero-order valence-electron chi connectivity index (χ0n) is 9.79. The molecule has 0 fully saturated rings. The minimum Gasteiger partial charge on any atom is -0.282 e. The van der Waals surface area contributed by atoms with Crippen LogP contribution >= 0.6 is 15.9 Å². The molecule has 1 nitrogen and oxygen atoms in total. The van der Waals surface area contributed by atoms with Gasteiger partial charge >= 0.3 is 0 Å². The highest BCUT2D eigenvalue weighted by Gasteiger charge is 2.14. The Morgan fingerprint density at radius 3 is 2.13 bits per heavy atom. The van der Waals surface area contributed by atoms with Crippen LogP contribution in [0.25, 0.3) is 0 Å². The number of hydrogen-bond donors (Lipinski definition) is 0. The van der Waals surface area contributed by atoms with Crippen LogP contribution in [-0.4, -0.2) is 16.1 Å². The summed E-state index contributed by atoms with van der Waals surface area (Å²) in [5, 5.41) is 0. The highest BCUT2D eigenvalue weighted by atomic mass is 79.9. The first kappa shape index (κ1) is 12.4. The van der Waals surface area contributed by atoms with Gasteiger partial charge < -0.3 is 0 Å². The number of aliphatic imine (C=N–C) groups is 1. The lowest BCUT2D eigenvalue weighted by atomic mass is 10.1. The van der Waals surface area contributed by atoms with E-state index in [0.717, 1.165) is 5.71 Å². The molecule has 1 rings (SSSR count). The zero-order valence-corrected chi connectivity index (χ0v) is 11.4. The fourth-order valence-corrected chi connectivity index (χ4v) is 1.72. The van der Waals surface area contributed by atoms with Gasteiger partial charge in [-0.15, -0.1) is 0 Å². The molecule has 15 heavy (non-hydrogen) atoms. The van der Waals surface area contributed by atoms with Crippen molar-refractivity contribution in [3.8, 4) is 0 Å². The molecule has 0 aliphatic rings. The lowest BCUT2D eigenvalue weighted by Crippen LogP contribution is -2.20. The average molecular weight is 268 g/mol. The summed E-state index contributed by atoms with van der Waals surface area (Å²) in [6.45, 7) is 8.46. The first-order chi connectivity index (χ1) is 6.90. The van der Waals surface area contributed by atoms with E-state index in [-0.39, 0.29) is 10.4 Å². The number of benzene rings is 1. The molecule has 0 saturated heterocycles. The van der Waals surface area contributed by atoms with Crippen molar-refractivity contribution in [3.63, 3.8) is 0 Å². The van der Waals surface area contributed by atoms with E-state index in [1.807, 2.05) is 18.2 Å². The first-order valence-electron chi connectivity index (χ1n) is 5.19. The lowest BCUT2D eigenvalue weighted by molar-refractivity contribution is 0.583. The molecule has 1 aromatic carbocycles. The summed E-state index contributed by atoms with van der Waals surface area (Å²) in [7, 11) is 0. The maximum absolute atomic E-state index is 4.75. The summed E-state index contributed by atoms with van der Waals surface area (Å²) in [5.41, 5.74) is 2.27. The van der Waals surface area contributed by atoms with Gasteiger partial charge in [-0.1, -0.05) is 46.3 Å². The van der Waals surface area contributed by atoms with Gasteiger partial charge in [-0.05, 0) is 33.3 Å². The number of nitrogens with zero attached hydrogens (tertiary/aromatic N) is 1. The molecule has 1 atom stereocenters. The van der Waals surface area contributed by atoms with Crippen LogP contribution in [0.3, 0.4) is 0 Å². The Kier molecular flexibility index (Phi) is 4.09. The minimum atomic E-state index is -0.0345. The quantitative estimate of drug-likeness (QED) is 0.566. The lowest BCUT2D eigenvalue weighted by Gasteiger charge is -2.18. The van der Waals surface area contributed by atoms with E-state index >= 15 is 0 Å². The van der Waals surface area contributed by atoms with Crippen LogP contribution in [0.2, 0.25) is 0 Å². The molecular formula is C13H18BrN. The van der Waals surface area contributed by atoms with Gasteiger partial charge in [-0.25, -0.2) is 0 Å². The van der Waals surface area contributed by atoms with E-state index in [4.69, 9.17) is 4.99 Å². The third-order valence-electron chi connectivity index (χ3n) is 1.90. The second-order valence-corrected chi connectivity index (χ2v) is 6.02. The van der Waals surface area contributed by atoms with Crippen LogP contribution in [0.15, 0.2) is 35.3 Å². The van der Waals surface area contributed by atoms with Gasteiger partial charge in [-0.3, -0.25) is 4.99 Å². The second kappa shape index (κ2) is 4.93. The van der Waals surface area contributed by atoms with Crippen molar-refractivity contribution in [2.24, 2.45) is 4.99 Å². The standard InChI is InChI=1S/C13H18BrN/c1-10(14)12(15-13(2,3)4)11-8-6-5-7-9-11/h5-10H,1-4H3. The van der Waals surface area contributed by atoms with E-state index in [2.05, 4.69) is 55.8 Å². The summed E-state index contributed by atoms with van der Waals surface area (Å²) in [5.74, 6) is 0. The number of halogens is 1. The van der Waals surface area contributed by atoms with Crippen molar-refractivity contribution < 1.29 is 0 Å². The van der Waals surface area contributed by atoms with Crippen LogP contribution in [-0.2, 0) is 0 Å². The molecule has 0 aliphatic heterocycles.